The van der Waals surface area contributed by atoms with E-state index in [0.717, 1.165) is 35.5 Å². The third-order valence-corrected chi connectivity index (χ3v) is 3.14. The molecule has 1 aliphatic rings. The molecule has 2 aromatic heterocycles. The number of ether oxygens (including phenoxy) is 1. The first-order chi connectivity index (χ1) is 8.24. The fourth-order valence-electron chi connectivity index (χ4n) is 1.92. The van der Waals surface area contributed by atoms with Gasteiger partial charge in [-0.1, -0.05) is 0 Å². The zero-order chi connectivity index (χ0) is 11.8. The van der Waals surface area contributed by atoms with Crippen LogP contribution in [-0.4, -0.2) is 32.4 Å². The van der Waals surface area contributed by atoms with Gasteiger partial charge in [0, 0.05) is 12.8 Å². The summed E-state index contributed by atoms with van der Waals surface area (Å²) in [5.41, 5.74) is 0.723. The zero-order valence-electron chi connectivity index (χ0n) is 9.35. The SMILES string of the molecule is Cc1nnc2c(NC3CCCO3)nc(Br)cn12. The summed E-state index contributed by atoms with van der Waals surface area (Å²) < 4.78 is 8.17. The second-order valence-corrected chi connectivity index (χ2v) is 4.81. The summed E-state index contributed by atoms with van der Waals surface area (Å²) in [5.74, 6) is 1.53. The minimum Gasteiger partial charge on any atom is -0.359 e. The first-order valence-electron chi connectivity index (χ1n) is 5.50. The number of fused-ring (bicyclic) bond motifs is 1. The molecule has 0 amide bonds. The molecule has 0 aliphatic carbocycles. The number of anilines is 1. The molecule has 0 saturated carbocycles. The minimum atomic E-state index is 0.0256. The summed E-state index contributed by atoms with van der Waals surface area (Å²) >= 11 is 3.38. The van der Waals surface area contributed by atoms with Crippen molar-refractivity contribution in [3.05, 3.63) is 16.6 Å². The largest absolute Gasteiger partial charge is 0.359 e. The molecule has 6 nitrogen and oxygen atoms in total. The normalized spacial score (nSPS) is 20.0. The number of aryl methyl sites for hydroxylation is 1. The van der Waals surface area contributed by atoms with Crippen molar-refractivity contribution in [3.8, 4) is 0 Å². The van der Waals surface area contributed by atoms with Crippen molar-refractivity contribution in [2.45, 2.75) is 26.0 Å². The summed E-state index contributed by atoms with van der Waals surface area (Å²) in [6, 6.07) is 0. The van der Waals surface area contributed by atoms with Crippen LogP contribution in [0.25, 0.3) is 5.65 Å². The number of aromatic nitrogens is 4. The van der Waals surface area contributed by atoms with E-state index in [1.165, 1.54) is 0 Å². The van der Waals surface area contributed by atoms with Gasteiger partial charge >= 0.3 is 0 Å². The number of hydrogen-bond donors (Lipinski definition) is 1. The van der Waals surface area contributed by atoms with Crippen LogP contribution in [0.5, 0.6) is 0 Å². The Morgan fingerprint density at radius 1 is 1.53 bits per heavy atom. The molecule has 3 heterocycles. The Bertz CT molecular complexity index is 549. The minimum absolute atomic E-state index is 0.0256. The van der Waals surface area contributed by atoms with E-state index in [2.05, 4.69) is 36.4 Å². The lowest BCUT2D eigenvalue weighted by Crippen LogP contribution is -2.19. The quantitative estimate of drug-likeness (QED) is 0.915. The van der Waals surface area contributed by atoms with Crippen molar-refractivity contribution in [2.24, 2.45) is 0 Å². The Hall–Kier alpha value is -1.21. The van der Waals surface area contributed by atoms with Crippen molar-refractivity contribution >= 4 is 27.4 Å². The summed E-state index contributed by atoms with van der Waals surface area (Å²) in [6.07, 6.45) is 3.95. The molecule has 1 aliphatic heterocycles. The Morgan fingerprint density at radius 2 is 2.41 bits per heavy atom. The van der Waals surface area contributed by atoms with Crippen molar-refractivity contribution in [3.63, 3.8) is 0 Å². The van der Waals surface area contributed by atoms with Gasteiger partial charge in [-0.25, -0.2) is 4.98 Å². The van der Waals surface area contributed by atoms with E-state index in [4.69, 9.17) is 4.74 Å². The Morgan fingerprint density at radius 3 is 3.18 bits per heavy atom. The van der Waals surface area contributed by atoms with Crippen LogP contribution in [0.4, 0.5) is 5.82 Å². The smallest absolute Gasteiger partial charge is 0.203 e. The molecular weight excluding hydrogens is 286 g/mol. The van der Waals surface area contributed by atoms with Gasteiger partial charge in [0.15, 0.2) is 5.82 Å². The van der Waals surface area contributed by atoms with Crippen LogP contribution in [0.3, 0.4) is 0 Å². The monoisotopic (exact) mass is 297 g/mol. The maximum absolute atomic E-state index is 5.53. The van der Waals surface area contributed by atoms with E-state index in [0.29, 0.717) is 5.82 Å². The average Bonchev–Trinajstić information content (AvgIpc) is 2.90. The molecular formula is C10H12BrN5O. The van der Waals surface area contributed by atoms with Crippen molar-refractivity contribution in [1.82, 2.24) is 19.6 Å². The predicted octanol–water partition coefficient (Wildman–Crippen LogP) is 1.74. The molecule has 1 fully saturated rings. The maximum atomic E-state index is 5.53. The van der Waals surface area contributed by atoms with Crippen LogP contribution in [0.15, 0.2) is 10.8 Å². The average molecular weight is 298 g/mol. The third-order valence-electron chi connectivity index (χ3n) is 2.76. The van der Waals surface area contributed by atoms with E-state index >= 15 is 0 Å². The van der Waals surface area contributed by atoms with Gasteiger partial charge < -0.3 is 10.1 Å². The number of hydrogen-bond acceptors (Lipinski definition) is 5. The molecule has 0 aromatic carbocycles. The Kier molecular flexibility index (Phi) is 2.71. The van der Waals surface area contributed by atoms with E-state index in [1.54, 1.807) is 0 Å². The molecule has 90 valence electrons. The molecule has 7 heteroatoms. The summed E-state index contributed by atoms with van der Waals surface area (Å²) in [4.78, 5) is 4.38. The lowest BCUT2D eigenvalue weighted by Gasteiger charge is -2.13. The highest BCUT2D eigenvalue weighted by molar-refractivity contribution is 9.10. The van der Waals surface area contributed by atoms with Crippen LogP contribution in [-0.2, 0) is 4.74 Å². The maximum Gasteiger partial charge on any atom is 0.203 e. The van der Waals surface area contributed by atoms with E-state index < -0.39 is 0 Å². The van der Waals surface area contributed by atoms with E-state index in [1.807, 2.05) is 17.5 Å². The fraction of sp³-hybridized carbons (Fsp3) is 0.500. The lowest BCUT2D eigenvalue weighted by molar-refractivity contribution is 0.131. The van der Waals surface area contributed by atoms with Crippen molar-refractivity contribution in [2.75, 3.05) is 11.9 Å². The first-order valence-corrected chi connectivity index (χ1v) is 6.29. The van der Waals surface area contributed by atoms with Gasteiger partial charge in [-0.05, 0) is 35.7 Å². The van der Waals surface area contributed by atoms with Gasteiger partial charge in [-0.2, -0.15) is 0 Å². The van der Waals surface area contributed by atoms with Crippen LogP contribution in [0.2, 0.25) is 0 Å². The summed E-state index contributed by atoms with van der Waals surface area (Å²) in [6.45, 7) is 2.70. The number of nitrogens with zero attached hydrogens (tertiary/aromatic N) is 4. The molecule has 1 unspecified atom stereocenters. The van der Waals surface area contributed by atoms with Gasteiger partial charge in [-0.3, -0.25) is 4.40 Å². The second-order valence-electron chi connectivity index (χ2n) is 4.00. The standard InChI is InChI=1S/C10H12BrN5O/c1-6-14-15-10-9(12-7(11)5-16(6)10)13-8-3-2-4-17-8/h5,8H,2-4H2,1H3,(H,12,13). The first kappa shape index (κ1) is 10.9. The molecule has 0 bridgehead atoms. The van der Waals surface area contributed by atoms with Crippen molar-refractivity contribution < 1.29 is 4.74 Å². The summed E-state index contributed by atoms with van der Waals surface area (Å²) in [5, 5.41) is 11.4. The molecule has 17 heavy (non-hydrogen) atoms. The second kappa shape index (κ2) is 4.23. The molecule has 0 spiro atoms. The Labute approximate surface area is 107 Å². The molecule has 1 N–H and O–H groups in total. The van der Waals surface area contributed by atoms with Gasteiger partial charge in [-0.15, -0.1) is 10.2 Å². The van der Waals surface area contributed by atoms with Gasteiger partial charge in [0.1, 0.15) is 16.7 Å². The fourth-order valence-corrected chi connectivity index (χ4v) is 2.30. The van der Waals surface area contributed by atoms with Gasteiger partial charge in [0.2, 0.25) is 5.65 Å². The predicted molar refractivity (Wildman–Crippen MR) is 65.8 cm³/mol. The number of rotatable bonds is 2. The number of halogens is 1. The van der Waals surface area contributed by atoms with Crippen LogP contribution < -0.4 is 5.32 Å². The van der Waals surface area contributed by atoms with Gasteiger partial charge in [0.05, 0.1) is 0 Å². The molecule has 0 radical (unpaired) electrons. The molecule has 1 atom stereocenters. The highest BCUT2D eigenvalue weighted by atomic mass is 79.9. The molecule has 3 rings (SSSR count). The van der Waals surface area contributed by atoms with Crippen LogP contribution in [0.1, 0.15) is 18.7 Å². The zero-order valence-corrected chi connectivity index (χ0v) is 10.9. The van der Waals surface area contributed by atoms with Crippen LogP contribution >= 0.6 is 15.9 Å². The highest BCUT2D eigenvalue weighted by Gasteiger charge is 2.18. The lowest BCUT2D eigenvalue weighted by atomic mass is 10.3. The Balaban J connectivity index is 2.02. The van der Waals surface area contributed by atoms with Crippen LogP contribution in [0, 0.1) is 6.92 Å². The van der Waals surface area contributed by atoms with Crippen molar-refractivity contribution in [1.29, 1.82) is 0 Å². The topological polar surface area (TPSA) is 64.3 Å². The molecule has 2 aromatic rings. The number of nitrogens with one attached hydrogen (secondary N) is 1. The highest BCUT2D eigenvalue weighted by Crippen LogP contribution is 2.21. The van der Waals surface area contributed by atoms with E-state index in [9.17, 15) is 0 Å². The molecule has 1 saturated heterocycles. The van der Waals surface area contributed by atoms with Gasteiger partial charge in [0.25, 0.3) is 0 Å². The summed E-state index contributed by atoms with van der Waals surface area (Å²) in [7, 11) is 0. The third kappa shape index (κ3) is 2.00. The van der Waals surface area contributed by atoms with E-state index in [-0.39, 0.29) is 6.23 Å².